The molecule has 1 aromatic carbocycles. The van der Waals surface area contributed by atoms with Crippen molar-refractivity contribution in [3.8, 4) is 0 Å². The Hall–Kier alpha value is -0.640. The number of hydrogen-bond donors (Lipinski definition) is 2. The van der Waals surface area contributed by atoms with Gasteiger partial charge in [-0.25, -0.2) is 4.39 Å². The number of halogens is 2. The number of hydrogen-bond acceptors (Lipinski definition) is 2. The Morgan fingerprint density at radius 2 is 1.88 bits per heavy atom. The Morgan fingerprint density at radius 1 is 1.29 bits per heavy atom. The van der Waals surface area contributed by atoms with Crippen molar-refractivity contribution in [1.29, 1.82) is 0 Å². The molecule has 1 fully saturated rings. The van der Waals surface area contributed by atoms with Crippen LogP contribution in [0.15, 0.2) is 24.3 Å². The first-order valence-corrected chi connectivity index (χ1v) is 6.20. The van der Waals surface area contributed by atoms with E-state index in [9.17, 15) is 14.6 Å². The fraction of sp³-hybridized carbons (Fsp3) is 0.538. The van der Waals surface area contributed by atoms with Gasteiger partial charge in [-0.15, -0.1) is 0 Å². The lowest BCUT2D eigenvalue weighted by Crippen LogP contribution is -2.40. The minimum atomic E-state index is -1.26. The summed E-state index contributed by atoms with van der Waals surface area (Å²) >= 11 is 5.98. The molecule has 1 aliphatic carbocycles. The van der Waals surface area contributed by atoms with Gasteiger partial charge in [-0.1, -0.05) is 29.8 Å². The lowest BCUT2D eigenvalue weighted by Gasteiger charge is -2.37. The maximum atomic E-state index is 13.1. The van der Waals surface area contributed by atoms with Gasteiger partial charge in [0.25, 0.3) is 0 Å². The summed E-state index contributed by atoms with van der Waals surface area (Å²) in [7, 11) is 0. The molecule has 2 nitrogen and oxygen atoms in total. The van der Waals surface area contributed by atoms with Crippen LogP contribution in [-0.2, 0) is 0 Å². The zero-order valence-corrected chi connectivity index (χ0v) is 10.2. The van der Waals surface area contributed by atoms with Crippen molar-refractivity contribution in [2.24, 2.45) is 0 Å². The SMILES string of the molecule is OC(c1ccccc1Cl)[C@]1(O)CC[C@H](F)CC1. The topological polar surface area (TPSA) is 40.5 Å². The molecule has 1 aromatic rings. The van der Waals surface area contributed by atoms with Gasteiger partial charge in [0.15, 0.2) is 0 Å². The molecule has 2 N–H and O–H groups in total. The van der Waals surface area contributed by atoms with E-state index in [0.717, 1.165) is 0 Å². The lowest BCUT2D eigenvalue weighted by molar-refractivity contribution is -0.108. The molecule has 0 bridgehead atoms. The van der Waals surface area contributed by atoms with Crippen LogP contribution in [0.4, 0.5) is 4.39 Å². The monoisotopic (exact) mass is 258 g/mol. The Balaban J connectivity index is 2.20. The average molecular weight is 259 g/mol. The van der Waals surface area contributed by atoms with Gasteiger partial charge in [0.05, 0.1) is 5.60 Å². The van der Waals surface area contributed by atoms with Crippen LogP contribution in [0.1, 0.15) is 37.4 Å². The minimum absolute atomic E-state index is 0.264. The maximum absolute atomic E-state index is 13.1. The molecule has 0 saturated heterocycles. The van der Waals surface area contributed by atoms with E-state index in [2.05, 4.69) is 0 Å². The molecule has 0 aliphatic heterocycles. The van der Waals surface area contributed by atoms with E-state index < -0.39 is 17.9 Å². The van der Waals surface area contributed by atoms with Crippen molar-refractivity contribution >= 4 is 11.6 Å². The van der Waals surface area contributed by atoms with Gasteiger partial charge in [-0.3, -0.25) is 0 Å². The van der Waals surface area contributed by atoms with Crippen LogP contribution in [0.25, 0.3) is 0 Å². The predicted octanol–water partition coefficient (Wildman–Crippen LogP) is 3.02. The van der Waals surface area contributed by atoms with Gasteiger partial charge >= 0.3 is 0 Å². The van der Waals surface area contributed by atoms with Gasteiger partial charge < -0.3 is 10.2 Å². The van der Waals surface area contributed by atoms with E-state index in [1.54, 1.807) is 24.3 Å². The van der Waals surface area contributed by atoms with Crippen LogP contribution < -0.4 is 0 Å². The molecule has 4 heteroatoms. The third-order valence-corrected chi connectivity index (χ3v) is 3.83. The summed E-state index contributed by atoms with van der Waals surface area (Å²) in [5, 5.41) is 21.0. The summed E-state index contributed by atoms with van der Waals surface area (Å²) in [6.45, 7) is 0. The van der Waals surface area contributed by atoms with Crippen molar-refractivity contribution in [3.05, 3.63) is 34.9 Å². The molecule has 1 unspecified atom stereocenters. The number of aliphatic hydroxyl groups is 2. The molecule has 0 aromatic heterocycles. The van der Waals surface area contributed by atoms with Gasteiger partial charge in [-0.05, 0) is 31.7 Å². The Labute approximate surface area is 105 Å². The molecule has 0 spiro atoms. The van der Waals surface area contributed by atoms with E-state index in [1.165, 1.54) is 0 Å². The van der Waals surface area contributed by atoms with Crippen LogP contribution in [-0.4, -0.2) is 22.0 Å². The smallest absolute Gasteiger partial charge is 0.109 e. The van der Waals surface area contributed by atoms with E-state index in [0.29, 0.717) is 10.6 Å². The summed E-state index contributed by atoms with van der Waals surface area (Å²) in [5.74, 6) is 0. The van der Waals surface area contributed by atoms with Gasteiger partial charge in [0.2, 0.25) is 0 Å². The summed E-state index contributed by atoms with van der Waals surface area (Å²) < 4.78 is 13.1. The Morgan fingerprint density at radius 3 is 2.47 bits per heavy atom. The molecule has 2 rings (SSSR count). The minimum Gasteiger partial charge on any atom is -0.387 e. The second kappa shape index (κ2) is 4.92. The fourth-order valence-electron chi connectivity index (χ4n) is 2.34. The summed E-state index contributed by atoms with van der Waals surface area (Å²) in [5.41, 5.74) is -0.748. The molecular formula is C13H16ClFO2. The first-order valence-electron chi connectivity index (χ1n) is 5.82. The van der Waals surface area contributed by atoms with Crippen LogP contribution >= 0.6 is 11.6 Å². The van der Waals surface area contributed by atoms with Crippen molar-refractivity contribution in [2.75, 3.05) is 0 Å². The van der Waals surface area contributed by atoms with Gasteiger partial charge in [0, 0.05) is 10.6 Å². The standard InChI is InChI=1S/C13H16ClFO2/c14-11-4-2-1-3-10(11)12(16)13(17)7-5-9(15)6-8-13/h1-4,9,12,16-17H,5-8H2/t9-,12?,13-. The van der Waals surface area contributed by atoms with Crippen LogP contribution in [0.3, 0.4) is 0 Å². The number of rotatable bonds is 2. The number of benzene rings is 1. The quantitative estimate of drug-likeness (QED) is 0.856. The molecule has 0 radical (unpaired) electrons. The number of alkyl halides is 1. The van der Waals surface area contributed by atoms with Gasteiger partial charge in [-0.2, -0.15) is 0 Å². The zero-order chi connectivity index (χ0) is 12.5. The van der Waals surface area contributed by atoms with Crippen LogP contribution in [0.5, 0.6) is 0 Å². The van der Waals surface area contributed by atoms with Gasteiger partial charge in [0.1, 0.15) is 12.3 Å². The third kappa shape index (κ3) is 2.62. The van der Waals surface area contributed by atoms with E-state index in [1.807, 2.05) is 0 Å². The number of aliphatic hydroxyl groups excluding tert-OH is 1. The second-order valence-corrected chi connectivity index (χ2v) is 5.11. The molecule has 1 saturated carbocycles. The molecule has 94 valence electrons. The predicted molar refractivity (Wildman–Crippen MR) is 64.7 cm³/mol. The third-order valence-electron chi connectivity index (χ3n) is 3.49. The molecule has 1 atom stereocenters. The van der Waals surface area contributed by atoms with Crippen LogP contribution in [0, 0.1) is 0 Å². The summed E-state index contributed by atoms with van der Waals surface area (Å²) in [6.07, 6.45) is -0.811. The second-order valence-electron chi connectivity index (χ2n) is 4.70. The average Bonchev–Trinajstić information content (AvgIpc) is 2.33. The summed E-state index contributed by atoms with van der Waals surface area (Å²) in [4.78, 5) is 0. The first kappa shape index (κ1) is 12.8. The van der Waals surface area contributed by atoms with Crippen molar-refractivity contribution in [2.45, 2.75) is 43.6 Å². The Bertz CT molecular complexity index is 389. The first-order chi connectivity index (χ1) is 8.03. The largest absolute Gasteiger partial charge is 0.387 e. The van der Waals surface area contributed by atoms with Crippen molar-refractivity contribution in [1.82, 2.24) is 0 Å². The highest BCUT2D eigenvalue weighted by Gasteiger charge is 2.40. The molecule has 0 amide bonds. The molecular weight excluding hydrogens is 243 g/mol. The normalized spacial score (nSPS) is 31.2. The van der Waals surface area contributed by atoms with Crippen LogP contribution in [0.2, 0.25) is 5.02 Å². The zero-order valence-electron chi connectivity index (χ0n) is 9.44. The van der Waals surface area contributed by atoms with E-state index in [4.69, 9.17) is 11.6 Å². The molecule has 17 heavy (non-hydrogen) atoms. The molecule has 0 heterocycles. The molecule has 1 aliphatic rings. The highest BCUT2D eigenvalue weighted by Crippen LogP contribution is 2.40. The Kier molecular flexibility index (Phi) is 3.71. The highest BCUT2D eigenvalue weighted by molar-refractivity contribution is 6.31. The lowest BCUT2D eigenvalue weighted by atomic mass is 9.78. The fourth-order valence-corrected chi connectivity index (χ4v) is 2.58. The maximum Gasteiger partial charge on any atom is 0.109 e. The van der Waals surface area contributed by atoms with Crippen molar-refractivity contribution < 1.29 is 14.6 Å². The highest BCUT2D eigenvalue weighted by atomic mass is 35.5. The van der Waals surface area contributed by atoms with E-state index >= 15 is 0 Å². The van der Waals surface area contributed by atoms with E-state index in [-0.39, 0.29) is 25.7 Å². The summed E-state index contributed by atoms with van der Waals surface area (Å²) in [6, 6.07) is 6.88. The van der Waals surface area contributed by atoms with Crippen molar-refractivity contribution in [3.63, 3.8) is 0 Å².